The molecule has 0 aliphatic rings. The van der Waals surface area contributed by atoms with E-state index in [4.69, 9.17) is 4.74 Å². The highest BCUT2D eigenvalue weighted by molar-refractivity contribution is 9.10. The molecule has 0 amide bonds. The lowest BCUT2D eigenvalue weighted by molar-refractivity contribution is -0.138. The predicted octanol–water partition coefficient (Wildman–Crippen LogP) is 3.61. The second kappa shape index (κ2) is 9.05. The molecule has 0 atom stereocenters. The summed E-state index contributed by atoms with van der Waals surface area (Å²) in [6.07, 6.45) is 0.869. The fourth-order valence-corrected chi connectivity index (χ4v) is 3.83. The van der Waals surface area contributed by atoms with Gasteiger partial charge in [-0.15, -0.1) is 0 Å². The zero-order valence-corrected chi connectivity index (χ0v) is 16.9. The van der Waals surface area contributed by atoms with E-state index in [1.807, 2.05) is 6.92 Å². The van der Waals surface area contributed by atoms with E-state index in [-0.39, 0.29) is 4.90 Å². The average Bonchev–Trinajstić information content (AvgIpc) is 2.65. The maximum atomic E-state index is 13.0. The quantitative estimate of drug-likeness (QED) is 0.585. The molecule has 6 nitrogen and oxygen atoms in total. The number of sulfonamides is 1. The second-order valence-corrected chi connectivity index (χ2v) is 8.16. The number of anilines is 1. The van der Waals surface area contributed by atoms with Gasteiger partial charge in [-0.2, -0.15) is 0 Å². The number of rotatable bonds is 8. The molecule has 140 valence electrons. The third-order valence-corrected chi connectivity index (χ3v) is 5.82. The normalized spacial score (nSPS) is 11.0. The summed E-state index contributed by atoms with van der Waals surface area (Å²) in [5.74, 6) is -0.0216. The van der Waals surface area contributed by atoms with Crippen LogP contribution in [0.4, 0.5) is 5.69 Å². The molecule has 2 rings (SSSR count). The van der Waals surface area contributed by atoms with Gasteiger partial charge in [0.05, 0.1) is 24.3 Å². The van der Waals surface area contributed by atoms with Crippen LogP contribution in [-0.4, -0.2) is 34.6 Å². The van der Waals surface area contributed by atoms with Crippen LogP contribution in [-0.2, 0) is 19.6 Å². The maximum Gasteiger partial charge on any atom is 0.326 e. The lowest BCUT2D eigenvalue weighted by atomic mass is 10.3. The second-order valence-electron chi connectivity index (χ2n) is 5.38. The molecule has 0 heterocycles. The summed E-state index contributed by atoms with van der Waals surface area (Å²) in [6, 6.07) is 12.8. The molecule has 26 heavy (non-hydrogen) atoms. The number of esters is 1. The van der Waals surface area contributed by atoms with Gasteiger partial charge in [-0.1, -0.05) is 22.9 Å². The minimum atomic E-state index is -3.93. The van der Waals surface area contributed by atoms with Crippen molar-refractivity contribution in [2.24, 2.45) is 0 Å². The number of ether oxygens (including phenoxy) is 2. The summed E-state index contributed by atoms with van der Waals surface area (Å²) in [6.45, 7) is 2.14. The Balaban J connectivity index is 2.39. The molecule has 0 bridgehead atoms. The molecule has 0 aliphatic heterocycles. The maximum absolute atomic E-state index is 13.0. The Morgan fingerprint density at radius 1 is 1.08 bits per heavy atom. The molecule has 0 unspecified atom stereocenters. The molecule has 0 radical (unpaired) electrons. The highest BCUT2D eigenvalue weighted by atomic mass is 79.9. The smallest absolute Gasteiger partial charge is 0.326 e. The molecule has 2 aromatic carbocycles. The minimum Gasteiger partial charge on any atom is -0.494 e. The number of nitrogens with zero attached hydrogens (tertiary/aromatic N) is 1. The van der Waals surface area contributed by atoms with Crippen molar-refractivity contribution in [2.45, 2.75) is 18.2 Å². The third-order valence-electron chi connectivity index (χ3n) is 3.50. The molecular weight excluding hydrogens is 422 g/mol. The van der Waals surface area contributed by atoms with Gasteiger partial charge in [-0.25, -0.2) is 8.42 Å². The first-order valence-electron chi connectivity index (χ1n) is 7.96. The summed E-state index contributed by atoms with van der Waals surface area (Å²) < 4.78 is 38.0. The van der Waals surface area contributed by atoms with Crippen LogP contribution in [0.15, 0.2) is 57.9 Å². The van der Waals surface area contributed by atoms with Crippen molar-refractivity contribution >= 4 is 37.6 Å². The SMILES string of the molecule is CCCOc1ccc(N(CC(=O)OC)S(=O)(=O)c2ccc(Br)cc2)cc1. The predicted molar refractivity (Wildman–Crippen MR) is 103 cm³/mol. The molecule has 0 aromatic heterocycles. The van der Waals surface area contributed by atoms with Gasteiger partial charge in [0.1, 0.15) is 12.3 Å². The molecular formula is C18H20BrNO5S. The number of hydrogen-bond donors (Lipinski definition) is 0. The van der Waals surface area contributed by atoms with Crippen molar-refractivity contribution < 1.29 is 22.7 Å². The van der Waals surface area contributed by atoms with Crippen LogP contribution in [0.1, 0.15) is 13.3 Å². The van der Waals surface area contributed by atoms with Crippen molar-refractivity contribution in [1.29, 1.82) is 0 Å². The highest BCUT2D eigenvalue weighted by Gasteiger charge is 2.27. The van der Waals surface area contributed by atoms with Gasteiger partial charge < -0.3 is 9.47 Å². The van der Waals surface area contributed by atoms with Gasteiger partial charge >= 0.3 is 5.97 Å². The summed E-state index contributed by atoms with van der Waals surface area (Å²) in [5.41, 5.74) is 0.349. The van der Waals surface area contributed by atoms with Gasteiger partial charge in [0, 0.05) is 4.47 Å². The highest BCUT2D eigenvalue weighted by Crippen LogP contribution is 2.26. The Hall–Kier alpha value is -2.06. The van der Waals surface area contributed by atoms with Crippen molar-refractivity contribution in [1.82, 2.24) is 0 Å². The van der Waals surface area contributed by atoms with Gasteiger partial charge in [-0.3, -0.25) is 9.10 Å². The molecule has 8 heteroatoms. The van der Waals surface area contributed by atoms with Crippen LogP contribution in [0.25, 0.3) is 0 Å². The van der Waals surface area contributed by atoms with Gasteiger partial charge in [0.15, 0.2) is 0 Å². The first kappa shape index (κ1) is 20.3. The Morgan fingerprint density at radius 3 is 2.23 bits per heavy atom. The molecule has 0 N–H and O–H groups in total. The van der Waals surface area contributed by atoms with Crippen molar-refractivity contribution in [3.63, 3.8) is 0 Å². The van der Waals surface area contributed by atoms with Crippen LogP contribution < -0.4 is 9.04 Å². The molecule has 0 aliphatic carbocycles. The summed E-state index contributed by atoms with van der Waals surface area (Å²) in [7, 11) is -2.72. The monoisotopic (exact) mass is 441 g/mol. The topological polar surface area (TPSA) is 72.9 Å². The Kier molecular flexibility index (Phi) is 7.05. The Labute approximate surface area is 161 Å². The molecule has 2 aromatic rings. The first-order valence-corrected chi connectivity index (χ1v) is 10.2. The van der Waals surface area contributed by atoms with Gasteiger partial charge in [0.25, 0.3) is 10.0 Å². The van der Waals surface area contributed by atoms with E-state index >= 15 is 0 Å². The third kappa shape index (κ3) is 4.98. The lowest BCUT2D eigenvalue weighted by Crippen LogP contribution is -2.36. The standard InChI is InChI=1S/C18H20BrNO5S/c1-3-12-25-16-8-6-15(7-9-16)20(13-18(21)24-2)26(22,23)17-10-4-14(19)5-11-17/h4-11H,3,12-13H2,1-2H3. The number of carbonyl (C=O) groups is 1. The fourth-order valence-electron chi connectivity index (χ4n) is 2.16. The van der Waals surface area contributed by atoms with E-state index in [0.29, 0.717) is 18.0 Å². The average molecular weight is 442 g/mol. The molecule has 0 spiro atoms. The number of halogens is 1. The van der Waals surface area contributed by atoms with Crippen LogP contribution in [0, 0.1) is 0 Å². The van der Waals surface area contributed by atoms with Crippen LogP contribution in [0.3, 0.4) is 0 Å². The van der Waals surface area contributed by atoms with E-state index in [2.05, 4.69) is 20.7 Å². The van der Waals surface area contributed by atoms with Crippen molar-refractivity contribution in [2.75, 3.05) is 24.6 Å². The minimum absolute atomic E-state index is 0.0795. The molecule has 0 saturated heterocycles. The lowest BCUT2D eigenvalue weighted by Gasteiger charge is -2.23. The zero-order valence-electron chi connectivity index (χ0n) is 14.5. The Morgan fingerprint density at radius 2 is 1.69 bits per heavy atom. The van der Waals surface area contributed by atoms with Gasteiger partial charge in [-0.05, 0) is 55.0 Å². The molecule has 0 saturated carbocycles. The number of hydrogen-bond acceptors (Lipinski definition) is 5. The van der Waals surface area contributed by atoms with E-state index in [0.717, 1.165) is 15.2 Å². The fraction of sp³-hybridized carbons (Fsp3) is 0.278. The van der Waals surface area contributed by atoms with E-state index in [1.165, 1.54) is 19.2 Å². The summed E-state index contributed by atoms with van der Waals surface area (Å²) in [4.78, 5) is 11.9. The van der Waals surface area contributed by atoms with Gasteiger partial charge in [0.2, 0.25) is 0 Å². The van der Waals surface area contributed by atoms with Crippen molar-refractivity contribution in [3.8, 4) is 5.75 Å². The zero-order chi connectivity index (χ0) is 19.2. The number of benzene rings is 2. The van der Waals surface area contributed by atoms with E-state index in [1.54, 1.807) is 36.4 Å². The van der Waals surface area contributed by atoms with Crippen LogP contribution in [0.5, 0.6) is 5.75 Å². The summed E-state index contributed by atoms with van der Waals surface area (Å²) >= 11 is 3.28. The molecule has 0 fully saturated rings. The largest absolute Gasteiger partial charge is 0.494 e. The van der Waals surface area contributed by atoms with E-state index in [9.17, 15) is 13.2 Å². The summed E-state index contributed by atoms with van der Waals surface area (Å²) in [5, 5.41) is 0. The number of carbonyl (C=O) groups excluding carboxylic acids is 1. The van der Waals surface area contributed by atoms with Crippen LogP contribution in [0.2, 0.25) is 0 Å². The van der Waals surface area contributed by atoms with Crippen LogP contribution >= 0.6 is 15.9 Å². The Bertz CT molecular complexity index is 835. The van der Waals surface area contributed by atoms with E-state index < -0.39 is 22.5 Å². The van der Waals surface area contributed by atoms with Crippen molar-refractivity contribution in [3.05, 3.63) is 53.0 Å². The number of methoxy groups -OCH3 is 1. The first-order chi connectivity index (χ1) is 12.4.